The number of anilines is 1. The van der Waals surface area contributed by atoms with Gasteiger partial charge in [0, 0.05) is 24.7 Å². The second kappa shape index (κ2) is 10.9. The lowest BCUT2D eigenvalue weighted by Crippen LogP contribution is -2.43. The number of hydrogen-bond acceptors (Lipinski definition) is 4. The minimum Gasteiger partial charge on any atom is -0.378 e. The van der Waals surface area contributed by atoms with Crippen LogP contribution in [0.5, 0.6) is 0 Å². The molecule has 1 atom stereocenters. The zero-order valence-corrected chi connectivity index (χ0v) is 15.5. The van der Waals surface area contributed by atoms with Gasteiger partial charge in [0.2, 0.25) is 5.91 Å². The minimum absolute atomic E-state index is 0. The van der Waals surface area contributed by atoms with Crippen molar-refractivity contribution in [3.63, 3.8) is 0 Å². The Bertz CT molecular complexity index is 659. The van der Waals surface area contributed by atoms with Crippen molar-refractivity contribution in [1.29, 1.82) is 0 Å². The molecule has 2 aromatic carbocycles. The average Bonchev–Trinajstić information content (AvgIpc) is 2.65. The van der Waals surface area contributed by atoms with E-state index in [1.807, 2.05) is 54.6 Å². The van der Waals surface area contributed by atoms with Gasteiger partial charge in [0.15, 0.2) is 0 Å². The zero-order chi connectivity index (χ0) is 17.3. The number of rotatable bonds is 7. The maximum atomic E-state index is 12.1. The van der Waals surface area contributed by atoms with Gasteiger partial charge in [0.1, 0.15) is 0 Å². The summed E-state index contributed by atoms with van der Waals surface area (Å²) in [6, 6.07) is 18.0. The molecule has 0 spiro atoms. The van der Waals surface area contributed by atoms with Gasteiger partial charge in [0.05, 0.1) is 26.4 Å². The number of amides is 1. The molecule has 1 aliphatic rings. The van der Waals surface area contributed by atoms with Gasteiger partial charge in [-0.2, -0.15) is 0 Å². The first-order valence-corrected chi connectivity index (χ1v) is 8.61. The predicted molar refractivity (Wildman–Crippen MR) is 104 cm³/mol. The van der Waals surface area contributed by atoms with Crippen molar-refractivity contribution in [2.24, 2.45) is 0 Å². The summed E-state index contributed by atoms with van der Waals surface area (Å²) >= 11 is 0. The van der Waals surface area contributed by atoms with E-state index in [9.17, 15) is 4.79 Å². The van der Waals surface area contributed by atoms with E-state index in [2.05, 4.69) is 10.6 Å². The Hall–Kier alpha value is -1.92. The first-order chi connectivity index (χ1) is 12.3. The van der Waals surface area contributed by atoms with Gasteiger partial charge in [-0.1, -0.05) is 42.5 Å². The summed E-state index contributed by atoms with van der Waals surface area (Å²) in [6.07, 6.45) is 0.419. The third-order valence-corrected chi connectivity index (χ3v) is 4.05. The van der Waals surface area contributed by atoms with E-state index < -0.39 is 0 Å². The van der Waals surface area contributed by atoms with E-state index >= 15 is 0 Å². The molecular weight excluding hydrogens is 352 g/mol. The van der Waals surface area contributed by atoms with E-state index in [-0.39, 0.29) is 24.4 Å². The number of morpholine rings is 1. The molecule has 0 aliphatic carbocycles. The van der Waals surface area contributed by atoms with E-state index in [1.54, 1.807) is 0 Å². The van der Waals surface area contributed by atoms with Crippen LogP contribution in [0.15, 0.2) is 54.6 Å². The second-order valence-corrected chi connectivity index (χ2v) is 6.15. The van der Waals surface area contributed by atoms with Gasteiger partial charge in [-0.3, -0.25) is 4.79 Å². The molecule has 1 heterocycles. The Kier molecular flexibility index (Phi) is 8.58. The third kappa shape index (κ3) is 6.77. The number of halogens is 1. The first-order valence-electron chi connectivity index (χ1n) is 8.61. The topological polar surface area (TPSA) is 59.6 Å². The first kappa shape index (κ1) is 20.4. The maximum Gasteiger partial charge on any atom is 0.226 e. The number of benzene rings is 2. The van der Waals surface area contributed by atoms with Gasteiger partial charge >= 0.3 is 0 Å². The molecule has 2 N–H and O–H groups in total. The van der Waals surface area contributed by atoms with Crippen molar-refractivity contribution < 1.29 is 14.3 Å². The summed E-state index contributed by atoms with van der Waals surface area (Å²) in [5.41, 5.74) is 3.04. The SMILES string of the molecule is Cl.O=C(CC1COCCN1)Nc1ccc(COCc2ccccc2)cc1. The normalized spacial score (nSPS) is 16.5. The van der Waals surface area contributed by atoms with Crippen LogP contribution in [-0.4, -0.2) is 31.7 Å². The third-order valence-electron chi connectivity index (χ3n) is 4.05. The Morgan fingerprint density at radius 2 is 1.77 bits per heavy atom. The number of nitrogens with one attached hydrogen (secondary N) is 2. The largest absolute Gasteiger partial charge is 0.378 e. The van der Waals surface area contributed by atoms with E-state index in [1.165, 1.54) is 0 Å². The molecule has 26 heavy (non-hydrogen) atoms. The molecule has 1 unspecified atom stereocenters. The van der Waals surface area contributed by atoms with Crippen molar-refractivity contribution in [3.05, 3.63) is 65.7 Å². The quantitative estimate of drug-likeness (QED) is 0.779. The highest BCUT2D eigenvalue weighted by molar-refractivity contribution is 5.91. The molecule has 3 rings (SSSR count). The second-order valence-electron chi connectivity index (χ2n) is 6.15. The monoisotopic (exact) mass is 376 g/mol. The number of hydrogen-bond donors (Lipinski definition) is 2. The Morgan fingerprint density at radius 3 is 2.42 bits per heavy atom. The Labute approximate surface area is 160 Å². The van der Waals surface area contributed by atoms with E-state index in [0.717, 1.165) is 23.4 Å². The fourth-order valence-corrected chi connectivity index (χ4v) is 2.73. The van der Waals surface area contributed by atoms with Crippen LogP contribution in [-0.2, 0) is 27.5 Å². The van der Waals surface area contributed by atoms with Crippen molar-refractivity contribution >= 4 is 24.0 Å². The number of ether oxygens (including phenoxy) is 2. The summed E-state index contributed by atoms with van der Waals surface area (Å²) in [7, 11) is 0. The molecule has 5 nitrogen and oxygen atoms in total. The molecule has 1 aliphatic heterocycles. The highest BCUT2D eigenvalue weighted by Gasteiger charge is 2.16. The lowest BCUT2D eigenvalue weighted by Gasteiger charge is -2.23. The van der Waals surface area contributed by atoms with Crippen molar-refractivity contribution in [2.75, 3.05) is 25.1 Å². The van der Waals surface area contributed by atoms with Crippen LogP contribution in [0.1, 0.15) is 17.5 Å². The Balaban J connectivity index is 0.00000243. The molecule has 0 saturated carbocycles. The highest BCUT2D eigenvalue weighted by atomic mass is 35.5. The van der Waals surface area contributed by atoms with Crippen LogP contribution in [0.2, 0.25) is 0 Å². The molecule has 1 fully saturated rings. The molecule has 0 radical (unpaired) electrons. The summed E-state index contributed by atoms with van der Waals surface area (Å²) < 4.78 is 11.1. The van der Waals surface area contributed by atoms with Crippen LogP contribution in [0.4, 0.5) is 5.69 Å². The van der Waals surface area contributed by atoms with Gasteiger partial charge in [-0.15, -0.1) is 12.4 Å². The number of carbonyl (C=O) groups excluding carboxylic acids is 1. The molecule has 140 valence electrons. The van der Waals surface area contributed by atoms with Crippen LogP contribution < -0.4 is 10.6 Å². The lowest BCUT2D eigenvalue weighted by atomic mass is 10.1. The van der Waals surface area contributed by atoms with Gasteiger partial charge in [0.25, 0.3) is 0 Å². The van der Waals surface area contributed by atoms with E-state index in [0.29, 0.717) is 32.8 Å². The summed E-state index contributed by atoms with van der Waals surface area (Å²) in [5, 5.41) is 6.20. The average molecular weight is 377 g/mol. The van der Waals surface area contributed by atoms with E-state index in [4.69, 9.17) is 9.47 Å². The molecule has 0 bridgehead atoms. The highest BCUT2D eigenvalue weighted by Crippen LogP contribution is 2.12. The Morgan fingerprint density at radius 1 is 1.08 bits per heavy atom. The minimum atomic E-state index is -0.00363. The molecular formula is C20H25ClN2O3. The molecule has 1 saturated heterocycles. The van der Waals surface area contributed by atoms with Crippen LogP contribution in [0, 0.1) is 0 Å². The molecule has 1 amide bonds. The maximum absolute atomic E-state index is 12.1. The van der Waals surface area contributed by atoms with Gasteiger partial charge in [-0.05, 0) is 23.3 Å². The predicted octanol–water partition coefficient (Wildman–Crippen LogP) is 3.14. The summed E-state index contributed by atoms with van der Waals surface area (Å²) in [5.74, 6) is -0.00363. The van der Waals surface area contributed by atoms with Crippen LogP contribution in [0.3, 0.4) is 0 Å². The standard InChI is InChI=1S/C20H24N2O3.ClH/c23-20(12-19-15-24-11-10-21-19)22-18-8-6-17(7-9-18)14-25-13-16-4-2-1-3-5-16;/h1-9,19,21H,10-15H2,(H,22,23);1H. The zero-order valence-electron chi connectivity index (χ0n) is 14.6. The summed E-state index contributed by atoms with van der Waals surface area (Å²) in [6.45, 7) is 3.24. The lowest BCUT2D eigenvalue weighted by molar-refractivity contribution is -0.117. The van der Waals surface area contributed by atoms with Crippen LogP contribution >= 0.6 is 12.4 Å². The smallest absolute Gasteiger partial charge is 0.226 e. The summed E-state index contributed by atoms with van der Waals surface area (Å²) in [4.78, 5) is 12.1. The van der Waals surface area contributed by atoms with Crippen LogP contribution in [0.25, 0.3) is 0 Å². The van der Waals surface area contributed by atoms with Crippen molar-refractivity contribution in [2.45, 2.75) is 25.7 Å². The molecule has 2 aromatic rings. The molecule has 0 aromatic heterocycles. The fourth-order valence-electron chi connectivity index (χ4n) is 2.73. The molecule has 6 heteroatoms. The number of carbonyl (C=O) groups is 1. The van der Waals surface area contributed by atoms with Gasteiger partial charge < -0.3 is 20.1 Å². The van der Waals surface area contributed by atoms with Gasteiger partial charge in [-0.25, -0.2) is 0 Å². The fraction of sp³-hybridized carbons (Fsp3) is 0.350. The van der Waals surface area contributed by atoms with Crippen molar-refractivity contribution in [1.82, 2.24) is 5.32 Å². The van der Waals surface area contributed by atoms with Crippen molar-refractivity contribution in [3.8, 4) is 0 Å².